The molecular formula is C30H29ClN4O7. The Morgan fingerprint density at radius 1 is 1.14 bits per heavy atom. The second-order valence-electron chi connectivity index (χ2n) is 9.76. The first-order valence-corrected chi connectivity index (χ1v) is 13.3. The molecule has 0 spiro atoms. The summed E-state index contributed by atoms with van der Waals surface area (Å²) in [7, 11) is 2.77. The number of aromatic nitrogens is 2. The molecule has 218 valence electrons. The highest BCUT2D eigenvalue weighted by atomic mass is 35.5. The van der Waals surface area contributed by atoms with Gasteiger partial charge in [-0.3, -0.25) is 14.9 Å². The summed E-state index contributed by atoms with van der Waals surface area (Å²) >= 11 is 6.20. The highest BCUT2D eigenvalue weighted by Crippen LogP contribution is 2.36. The summed E-state index contributed by atoms with van der Waals surface area (Å²) in [4.78, 5) is 41.8. The molecule has 0 amide bonds. The van der Waals surface area contributed by atoms with Crippen molar-refractivity contribution in [3.8, 4) is 22.9 Å². The smallest absolute Gasteiger partial charge is 0.346 e. The second kappa shape index (κ2) is 12.4. The average molecular weight is 593 g/mol. The van der Waals surface area contributed by atoms with Crippen LogP contribution in [0.2, 0.25) is 5.02 Å². The minimum atomic E-state index is -1.18. The molecule has 0 aliphatic heterocycles. The molecule has 0 bridgehead atoms. The van der Waals surface area contributed by atoms with E-state index in [1.165, 1.54) is 26.3 Å². The van der Waals surface area contributed by atoms with E-state index >= 15 is 0 Å². The van der Waals surface area contributed by atoms with Gasteiger partial charge in [-0.05, 0) is 61.2 Å². The van der Waals surface area contributed by atoms with Crippen LogP contribution in [0.15, 0.2) is 58.4 Å². The first-order chi connectivity index (χ1) is 20.0. The number of rotatable bonds is 9. The third kappa shape index (κ3) is 5.96. The van der Waals surface area contributed by atoms with Crippen LogP contribution in [0.1, 0.15) is 43.4 Å². The molecule has 1 atom stereocenters. The Bertz CT molecular complexity index is 1780. The summed E-state index contributed by atoms with van der Waals surface area (Å²) < 4.78 is 17.1. The molecule has 0 saturated carbocycles. The van der Waals surface area contributed by atoms with Gasteiger partial charge in [0.15, 0.2) is 11.9 Å². The fourth-order valence-electron chi connectivity index (χ4n) is 4.44. The Kier molecular flexibility index (Phi) is 8.91. The van der Waals surface area contributed by atoms with Crippen LogP contribution < -0.4 is 15.0 Å². The Morgan fingerprint density at radius 3 is 2.50 bits per heavy atom. The van der Waals surface area contributed by atoms with E-state index in [9.17, 15) is 19.7 Å². The SMILES string of the molecule is COC(=O)[C@H](C)Oc1c(C=Nn2c(-c3cc(C(C)C)c(OC)cc3C)nc3ccccc3c2=O)cc(Cl)cc1[N+](=O)[O-]. The Balaban J connectivity index is 1.99. The van der Waals surface area contributed by atoms with Crippen molar-refractivity contribution in [3.63, 3.8) is 0 Å². The molecule has 0 aliphatic carbocycles. The maximum Gasteiger partial charge on any atom is 0.346 e. The van der Waals surface area contributed by atoms with Crippen molar-refractivity contribution in [3.05, 3.63) is 90.7 Å². The zero-order valence-corrected chi connectivity index (χ0v) is 24.6. The molecule has 3 aromatic carbocycles. The van der Waals surface area contributed by atoms with Crippen LogP contribution >= 0.6 is 11.6 Å². The molecule has 4 aromatic rings. The number of para-hydroxylation sites is 1. The highest BCUT2D eigenvalue weighted by molar-refractivity contribution is 6.31. The van der Waals surface area contributed by atoms with Crippen LogP contribution in [0, 0.1) is 17.0 Å². The summed E-state index contributed by atoms with van der Waals surface area (Å²) in [5.74, 6) is 0.0514. The van der Waals surface area contributed by atoms with Crippen molar-refractivity contribution >= 4 is 40.4 Å². The quantitative estimate of drug-likeness (QED) is 0.102. The maximum atomic E-state index is 13.8. The molecule has 1 heterocycles. The number of halogens is 1. The molecular weight excluding hydrogens is 564 g/mol. The lowest BCUT2D eigenvalue weighted by atomic mass is 9.96. The minimum Gasteiger partial charge on any atom is -0.496 e. The summed E-state index contributed by atoms with van der Waals surface area (Å²) in [6.45, 7) is 7.31. The monoisotopic (exact) mass is 592 g/mol. The number of nitro groups is 1. The molecule has 11 nitrogen and oxygen atoms in total. The predicted octanol–water partition coefficient (Wildman–Crippen LogP) is 5.89. The summed E-state index contributed by atoms with van der Waals surface area (Å²) in [5.41, 5.74) is 1.93. The molecule has 0 aliphatic rings. The van der Waals surface area contributed by atoms with Gasteiger partial charge in [-0.25, -0.2) is 9.78 Å². The number of benzene rings is 3. The molecule has 0 radical (unpaired) electrons. The van der Waals surface area contributed by atoms with Crippen molar-refractivity contribution in [1.82, 2.24) is 9.66 Å². The summed E-state index contributed by atoms with van der Waals surface area (Å²) in [5, 5.41) is 16.7. The van der Waals surface area contributed by atoms with Crippen molar-refractivity contribution in [2.75, 3.05) is 14.2 Å². The molecule has 0 saturated heterocycles. The van der Waals surface area contributed by atoms with E-state index < -0.39 is 28.2 Å². The van der Waals surface area contributed by atoms with Crippen LogP contribution in [-0.4, -0.2) is 47.1 Å². The number of ether oxygens (including phenoxy) is 3. The lowest BCUT2D eigenvalue weighted by Crippen LogP contribution is -2.26. The number of aryl methyl sites for hydroxylation is 1. The largest absolute Gasteiger partial charge is 0.496 e. The Labute approximate surface area is 246 Å². The van der Waals surface area contributed by atoms with Gasteiger partial charge < -0.3 is 14.2 Å². The van der Waals surface area contributed by atoms with Crippen molar-refractivity contribution in [1.29, 1.82) is 0 Å². The molecule has 0 N–H and O–H groups in total. The van der Waals surface area contributed by atoms with Crippen LogP contribution in [0.3, 0.4) is 0 Å². The van der Waals surface area contributed by atoms with E-state index in [1.807, 2.05) is 32.9 Å². The van der Waals surface area contributed by atoms with E-state index in [-0.39, 0.29) is 28.1 Å². The molecule has 0 fully saturated rings. The molecule has 1 aromatic heterocycles. The van der Waals surface area contributed by atoms with Crippen LogP contribution in [0.4, 0.5) is 5.69 Å². The second-order valence-corrected chi connectivity index (χ2v) is 10.2. The van der Waals surface area contributed by atoms with Gasteiger partial charge in [0.1, 0.15) is 5.75 Å². The van der Waals surface area contributed by atoms with E-state index in [0.29, 0.717) is 22.2 Å². The van der Waals surface area contributed by atoms with Gasteiger partial charge >= 0.3 is 11.7 Å². The topological polar surface area (TPSA) is 135 Å². The number of hydrogen-bond donors (Lipinski definition) is 0. The Morgan fingerprint density at radius 2 is 1.86 bits per heavy atom. The number of carbonyl (C=O) groups is 1. The molecule has 12 heteroatoms. The van der Waals surface area contributed by atoms with Crippen LogP contribution in [0.5, 0.6) is 11.5 Å². The predicted molar refractivity (Wildman–Crippen MR) is 160 cm³/mol. The number of nitro benzene ring substituents is 1. The maximum absolute atomic E-state index is 13.8. The number of hydrogen-bond acceptors (Lipinski definition) is 9. The van der Waals surface area contributed by atoms with Gasteiger partial charge in [-0.2, -0.15) is 9.78 Å². The van der Waals surface area contributed by atoms with E-state index in [2.05, 4.69) is 5.10 Å². The third-order valence-corrected chi connectivity index (χ3v) is 6.81. The zero-order valence-electron chi connectivity index (χ0n) is 23.9. The van der Waals surface area contributed by atoms with E-state index in [0.717, 1.165) is 21.9 Å². The van der Waals surface area contributed by atoms with Gasteiger partial charge in [-0.1, -0.05) is 37.6 Å². The number of methoxy groups -OCH3 is 2. The summed E-state index contributed by atoms with van der Waals surface area (Å²) in [6, 6.07) is 13.1. The summed E-state index contributed by atoms with van der Waals surface area (Å²) in [6.07, 6.45) is 0.0287. The fourth-order valence-corrected chi connectivity index (χ4v) is 4.66. The molecule has 42 heavy (non-hydrogen) atoms. The van der Waals surface area contributed by atoms with E-state index in [4.69, 9.17) is 30.8 Å². The standard InChI is InChI=1S/C30H29ClN4O7/c1-16(2)22-14-23(17(3)11-26(22)40-5)28-33-24-10-8-7-9-21(24)29(36)34(28)32-15-19-12-20(31)13-25(35(38)39)27(19)42-18(4)30(37)41-6/h7-16,18H,1-6H3/t18-/m0/s1. The highest BCUT2D eigenvalue weighted by Gasteiger charge is 2.26. The fraction of sp³-hybridized carbons (Fsp3) is 0.267. The minimum absolute atomic E-state index is 0.0259. The number of carbonyl (C=O) groups excluding carboxylic acids is 1. The average Bonchev–Trinajstić information content (AvgIpc) is 2.96. The van der Waals surface area contributed by atoms with Crippen molar-refractivity contribution in [2.45, 2.75) is 39.7 Å². The van der Waals surface area contributed by atoms with Gasteiger partial charge in [0.25, 0.3) is 5.56 Å². The van der Waals surface area contributed by atoms with Gasteiger partial charge in [0.2, 0.25) is 5.75 Å². The lowest BCUT2D eigenvalue weighted by Gasteiger charge is -2.17. The molecule has 0 unspecified atom stereocenters. The van der Waals surface area contributed by atoms with Gasteiger partial charge in [-0.15, -0.1) is 0 Å². The first-order valence-electron chi connectivity index (χ1n) is 12.9. The number of esters is 1. The Hall–Kier alpha value is -4.77. The normalized spacial score (nSPS) is 12.1. The van der Waals surface area contributed by atoms with Gasteiger partial charge in [0, 0.05) is 22.2 Å². The molecule has 4 rings (SSSR count). The van der Waals surface area contributed by atoms with E-state index in [1.54, 1.807) is 31.4 Å². The lowest BCUT2D eigenvalue weighted by molar-refractivity contribution is -0.386. The van der Waals surface area contributed by atoms with Gasteiger partial charge in [0.05, 0.1) is 36.3 Å². The van der Waals surface area contributed by atoms with Crippen LogP contribution in [-0.2, 0) is 9.53 Å². The van der Waals surface area contributed by atoms with Crippen molar-refractivity contribution in [2.24, 2.45) is 5.10 Å². The third-order valence-electron chi connectivity index (χ3n) is 6.59. The zero-order chi connectivity index (χ0) is 30.7. The number of fused-ring (bicyclic) bond motifs is 1. The number of nitrogens with zero attached hydrogens (tertiary/aromatic N) is 4. The van der Waals surface area contributed by atoms with Crippen LogP contribution in [0.25, 0.3) is 22.3 Å². The van der Waals surface area contributed by atoms with Crippen molar-refractivity contribution < 1.29 is 23.9 Å². The first kappa shape index (κ1) is 30.2.